The molecule has 18 heavy (non-hydrogen) atoms. The average Bonchev–Trinajstić information content (AvgIpc) is 2.30. The monoisotopic (exact) mass is 252 g/mol. The van der Waals surface area contributed by atoms with Gasteiger partial charge in [0.2, 0.25) is 0 Å². The summed E-state index contributed by atoms with van der Waals surface area (Å²) in [6.45, 7) is 2.77. The standard InChI is InChI=1S/C12H16N2O4/c1-9-4-5-10(7-11(9)14(17)18)8-13-6-2-3-12(15)16/h4-5,7,13H,2-3,6,8H2,1H3,(H,15,16). The third-order valence-corrected chi connectivity index (χ3v) is 2.54. The molecule has 0 fully saturated rings. The molecule has 6 heteroatoms. The van der Waals surface area contributed by atoms with Crippen molar-refractivity contribution in [2.75, 3.05) is 6.54 Å². The van der Waals surface area contributed by atoms with Gasteiger partial charge >= 0.3 is 5.97 Å². The zero-order valence-corrected chi connectivity index (χ0v) is 10.2. The van der Waals surface area contributed by atoms with Crippen molar-refractivity contribution in [3.8, 4) is 0 Å². The first-order valence-electron chi connectivity index (χ1n) is 5.67. The summed E-state index contributed by atoms with van der Waals surface area (Å²) in [4.78, 5) is 20.6. The van der Waals surface area contributed by atoms with Gasteiger partial charge in [-0.25, -0.2) is 0 Å². The predicted molar refractivity (Wildman–Crippen MR) is 66.4 cm³/mol. The van der Waals surface area contributed by atoms with Crippen LogP contribution in [0.1, 0.15) is 24.0 Å². The average molecular weight is 252 g/mol. The van der Waals surface area contributed by atoms with Crippen LogP contribution in [0.2, 0.25) is 0 Å². The summed E-state index contributed by atoms with van der Waals surface area (Å²) in [5.74, 6) is -0.817. The fourth-order valence-electron chi connectivity index (χ4n) is 1.56. The number of nitrogens with one attached hydrogen (secondary N) is 1. The maximum atomic E-state index is 10.7. The molecule has 0 saturated carbocycles. The normalized spacial score (nSPS) is 10.3. The lowest BCUT2D eigenvalue weighted by Crippen LogP contribution is -2.15. The van der Waals surface area contributed by atoms with Crippen LogP contribution >= 0.6 is 0 Å². The van der Waals surface area contributed by atoms with Crippen LogP contribution in [0, 0.1) is 17.0 Å². The first kappa shape index (κ1) is 14.1. The van der Waals surface area contributed by atoms with Crippen molar-refractivity contribution in [2.24, 2.45) is 0 Å². The van der Waals surface area contributed by atoms with Crippen molar-refractivity contribution in [1.82, 2.24) is 5.32 Å². The highest BCUT2D eigenvalue weighted by Gasteiger charge is 2.10. The second-order valence-corrected chi connectivity index (χ2v) is 4.05. The summed E-state index contributed by atoms with van der Waals surface area (Å²) in [6.07, 6.45) is 0.671. The van der Waals surface area contributed by atoms with Gasteiger partial charge in [-0.3, -0.25) is 14.9 Å². The number of aryl methyl sites for hydroxylation is 1. The zero-order chi connectivity index (χ0) is 13.5. The Balaban J connectivity index is 2.45. The molecule has 2 N–H and O–H groups in total. The lowest BCUT2D eigenvalue weighted by molar-refractivity contribution is -0.385. The number of nitro groups is 1. The Kier molecular flexibility index (Phi) is 5.26. The molecular formula is C12H16N2O4. The number of rotatable bonds is 7. The van der Waals surface area contributed by atoms with E-state index in [0.717, 1.165) is 5.56 Å². The van der Waals surface area contributed by atoms with Gasteiger partial charge in [-0.1, -0.05) is 12.1 Å². The number of carboxylic acid groups (broad SMARTS) is 1. The van der Waals surface area contributed by atoms with Gasteiger partial charge in [-0.15, -0.1) is 0 Å². The maximum Gasteiger partial charge on any atom is 0.303 e. The molecule has 0 aliphatic heterocycles. The fourth-order valence-corrected chi connectivity index (χ4v) is 1.56. The smallest absolute Gasteiger partial charge is 0.303 e. The van der Waals surface area contributed by atoms with Crippen LogP contribution in [-0.2, 0) is 11.3 Å². The Morgan fingerprint density at radius 3 is 2.83 bits per heavy atom. The molecule has 0 spiro atoms. The molecular weight excluding hydrogens is 236 g/mol. The van der Waals surface area contributed by atoms with Gasteiger partial charge in [0.05, 0.1) is 4.92 Å². The summed E-state index contributed by atoms with van der Waals surface area (Å²) in [5, 5.41) is 22.3. The van der Waals surface area contributed by atoms with Gasteiger partial charge in [0, 0.05) is 24.6 Å². The number of hydrogen-bond acceptors (Lipinski definition) is 4. The first-order chi connectivity index (χ1) is 8.50. The number of aliphatic carboxylic acids is 1. The molecule has 0 unspecified atom stereocenters. The van der Waals surface area contributed by atoms with Crippen molar-refractivity contribution in [2.45, 2.75) is 26.3 Å². The number of nitrogens with zero attached hydrogens (tertiary/aromatic N) is 1. The van der Waals surface area contributed by atoms with Gasteiger partial charge < -0.3 is 10.4 Å². The summed E-state index contributed by atoms with van der Waals surface area (Å²) in [6, 6.07) is 5.08. The van der Waals surface area contributed by atoms with E-state index in [0.29, 0.717) is 25.1 Å². The highest BCUT2D eigenvalue weighted by atomic mass is 16.6. The summed E-state index contributed by atoms with van der Waals surface area (Å²) < 4.78 is 0. The van der Waals surface area contributed by atoms with Gasteiger partial charge in [0.1, 0.15) is 0 Å². The van der Waals surface area contributed by atoms with Crippen molar-refractivity contribution in [1.29, 1.82) is 0 Å². The molecule has 98 valence electrons. The van der Waals surface area contributed by atoms with Crippen LogP contribution in [0.25, 0.3) is 0 Å². The van der Waals surface area contributed by atoms with E-state index >= 15 is 0 Å². The second-order valence-electron chi connectivity index (χ2n) is 4.05. The minimum atomic E-state index is -0.817. The molecule has 1 rings (SSSR count). The fraction of sp³-hybridized carbons (Fsp3) is 0.417. The SMILES string of the molecule is Cc1ccc(CNCCCC(=O)O)cc1[N+](=O)[O-]. The predicted octanol–water partition coefficient (Wildman–Crippen LogP) is 1.86. The van der Waals surface area contributed by atoms with Crippen LogP contribution in [0.5, 0.6) is 0 Å². The van der Waals surface area contributed by atoms with E-state index in [1.54, 1.807) is 19.1 Å². The molecule has 0 radical (unpaired) electrons. The molecule has 6 nitrogen and oxygen atoms in total. The molecule has 0 bridgehead atoms. The van der Waals surface area contributed by atoms with Crippen LogP contribution in [0.3, 0.4) is 0 Å². The third kappa shape index (κ3) is 4.50. The number of hydrogen-bond donors (Lipinski definition) is 2. The summed E-state index contributed by atoms with van der Waals surface area (Å²) in [5.41, 5.74) is 1.57. The molecule has 0 aliphatic rings. The topological polar surface area (TPSA) is 92.5 Å². The van der Waals surface area contributed by atoms with Gasteiger partial charge in [0.25, 0.3) is 5.69 Å². The van der Waals surface area contributed by atoms with Crippen molar-refractivity contribution >= 4 is 11.7 Å². The van der Waals surface area contributed by atoms with E-state index in [1.807, 2.05) is 6.07 Å². The molecule has 0 aliphatic carbocycles. The van der Waals surface area contributed by atoms with Crippen LogP contribution < -0.4 is 5.32 Å². The summed E-state index contributed by atoms with van der Waals surface area (Å²) in [7, 11) is 0. The maximum absolute atomic E-state index is 10.7. The van der Waals surface area contributed by atoms with E-state index < -0.39 is 10.9 Å². The Morgan fingerprint density at radius 1 is 1.50 bits per heavy atom. The minimum absolute atomic E-state index is 0.111. The number of nitro benzene ring substituents is 1. The van der Waals surface area contributed by atoms with Crippen molar-refractivity contribution in [3.05, 3.63) is 39.4 Å². The van der Waals surface area contributed by atoms with Crippen LogP contribution in [0.15, 0.2) is 18.2 Å². The highest BCUT2D eigenvalue weighted by Crippen LogP contribution is 2.18. The van der Waals surface area contributed by atoms with Crippen molar-refractivity contribution in [3.63, 3.8) is 0 Å². The van der Waals surface area contributed by atoms with Crippen LogP contribution in [-0.4, -0.2) is 22.5 Å². The molecule has 0 heterocycles. The lowest BCUT2D eigenvalue weighted by Gasteiger charge is -2.05. The lowest BCUT2D eigenvalue weighted by atomic mass is 10.1. The first-order valence-corrected chi connectivity index (χ1v) is 5.67. The minimum Gasteiger partial charge on any atom is -0.481 e. The molecule has 1 aromatic rings. The van der Waals surface area contributed by atoms with E-state index in [9.17, 15) is 14.9 Å². The molecule has 0 atom stereocenters. The Bertz CT molecular complexity index is 446. The van der Waals surface area contributed by atoms with Gasteiger partial charge in [-0.2, -0.15) is 0 Å². The Labute approximate surface area is 105 Å². The van der Waals surface area contributed by atoms with Crippen molar-refractivity contribution < 1.29 is 14.8 Å². The number of carbonyl (C=O) groups is 1. The number of carboxylic acids is 1. The largest absolute Gasteiger partial charge is 0.481 e. The zero-order valence-electron chi connectivity index (χ0n) is 10.2. The van der Waals surface area contributed by atoms with E-state index in [1.165, 1.54) is 0 Å². The quantitative estimate of drug-likeness (QED) is 0.439. The highest BCUT2D eigenvalue weighted by molar-refractivity contribution is 5.66. The van der Waals surface area contributed by atoms with Gasteiger partial charge in [-0.05, 0) is 25.5 Å². The van der Waals surface area contributed by atoms with E-state index in [-0.39, 0.29) is 12.1 Å². The summed E-state index contributed by atoms with van der Waals surface area (Å²) >= 11 is 0. The number of benzene rings is 1. The van der Waals surface area contributed by atoms with Crippen LogP contribution in [0.4, 0.5) is 5.69 Å². The third-order valence-electron chi connectivity index (χ3n) is 2.54. The van der Waals surface area contributed by atoms with Gasteiger partial charge in [0.15, 0.2) is 0 Å². The van der Waals surface area contributed by atoms with E-state index in [4.69, 9.17) is 5.11 Å². The second kappa shape index (κ2) is 6.70. The Hall–Kier alpha value is -1.95. The molecule has 1 aromatic carbocycles. The molecule has 0 amide bonds. The van der Waals surface area contributed by atoms with E-state index in [2.05, 4.69) is 5.32 Å². The molecule has 0 saturated heterocycles. The molecule has 0 aromatic heterocycles. The Morgan fingerprint density at radius 2 is 2.22 bits per heavy atom.